The molecule has 6 rings (SSSR count). The van der Waals surface area contributed by atoms with Crippen molar-refractivity contribution < 1.29 is 4.74 Å². The van der Waals surface area contributed by atoms with E-state index in [9.17, 15) is 0 Å². The number of para-hydroxylation sites is 1. The van der Waals surface area contributed by atoms with E-state index >= 15 is 0 Å². The number of ether oxygens (including phenoxy) is 1. The Hall–Kier alpha value is -2.55. The molecule has 0 saturated carbocycles. The van der Waals surface area contributed by atoms with Crippen molar-refractivity contribution in [2.24, 2.45) is 0 Å². The van der Waals surface area contributed by atoms with Crippen molar-refractivity contribution in [3.8, 4) is 22.6 Å². The van der Waals surface area contributed by atoms with Gasteiger partial charge in [-0.15, -0.1) is 0 Å². The van der Waals surface area contributed by atoms with Crippen LogP contribution in [0.15, 0.2) is 89.4 Å². The van der Waals surface area contributed by atoms with Gasteiger partial charge >= 0.3 is 0 Å². The monoisotopic (exact) mass is 444 g/mol. The Balaban J connectivity index is 1.89. The van der Waals surface area contributed by atoms with E-state index in [-0.39, 0.29) is 0 Å². The zero-order valence-electron chi connectivity index (χ0n) is 14.7. The Morgan fingerprint density at radius 3 is 1.89 bits per heavy atom. The molecule has 4 aromatic rings. The minimum Gasteiger partial charge on any atom is -0.457 e. The molecular weight excluding hydrogens is 432 g/mol. The van der Waals surface area contributed by atoms with E-state index in [0.29, 0.717) is 5.02 Å². The molecule has 134 valence electrons. The van der Waals surface area contributed by atoms with Crippen molar-refractivity contribution in [1.29, 1.82) is 0 Å². The van der Waals surface area contributed by atoms with Crippen molar-refractivity contribution >= 4 is 27.5 Å². The number of rotatable bonds is 0. The van der Waals surface area contributed by atoms with E-state index in [2.05, 4.69) is 76.6 Å². The molecule has 28 heavy (non-hydrogen) atoms. The standard InChI is InChI=1S/C25H14BrClO/c26-24-20(27)13-14-22-23(24)25(19-11-5-6-12-21(19)28-22)17-9-3-1-7-15(17)16-8-2-4-10-18(16)25/h1-14H. The lowest BCUT2D eigenvalue weighted by Gasteiger charge is -2.40. The molecule has 4 aromatic carbocycles. The molecule has 1 aliphatic carbocycles. The summed E-state index contributed by atoms with van der Waals surface area (Å²) in [7, 11) is 0. The average Bonchev–Trinajstić information content (AvgIpc) is 3.03. The normalized spacial score (nSPS) is 14.6. The van der Waals surface area contributed by atoms with Crippen LogP contribution >= 0.6 is 27.5 Å². The van der Waals surface area contributed by atoms with Gasteiger partial charge in [-0.2, -0.15) is 0 Å². The highest BCUT2D eigenvalue weighted by Crippen LogP contribution is 2.63. The second kappa shape index (κ2) is 5.73. The molecule has 2 aliphatic rings. The quantitative estimate of drug-likeness (QED) is 0.234. The van der Waals surface area contributed by atoms with Gasteiger partial charge in [0.25, 0.3) is 0 Å². The Labute approximate surface area is 176 Å². The molecule has 0 saturated heterocycles. The largest absolute Gasteiger partial charge is 0.457 e. The van der Waals surface area contributed by atoms with E-state index in [4.69, 9.17) is 16.3 Å². The second-order valence-electron chi connectivity index (χ2n) is 7.17. The molecule has 0 radical (unpaired) electrons. The first kappa shape index (κ1) is 16.4. The Kier molecular flexibility index (Phi) is 3.36. The van der Waals surface area contributed by atoms with Crippen molar-refractivity contribution in [3.05, 3.63) is 117 Å². The Bertz CT molecular complexity index is 1230. The maximum absolute atomic E-state index is 6.59. The molecule has 0 amide bonds. The van der Waals surface area contributed by atoms with Gasteiger partial charge in [-0.25, -0.2) is 0 Å². The van der Waals surface area contributed by atoms with Crippen molar-refractivity contribution in [1.82, 2.24) is 0 Å². The van der Waals surface area contributed by atoms with Crippen LogP contribution in [0.1, 0.15) is 22.3 Å². The Morgan fingerprint density at radius 1 is 0.643 bits per heavy atom. The van der Waals surface area contributed by atoms with Gasteiger partial charge in [-0.05, 0) is 56.4 Å². The third-order valence-electron chi connectivity index (χ3n) is 5.89. The van der Waals surface area contributed by atoms with Crippen LogP contribution in [0.5, 0.6) is 11.5 Å². The van der Waals surface area contributed by atoms with E-state index in [1.165, 1.54) is 22.3 Å². The zero-order chi connectivity index (χ0) is 18.9. The van der Waals surface area contributed by atoms with Crippen LogP contribution in [0.3, 0.4) is 0 Å². The smallest absolute Gasteiger partial charge is 0.133 e. The molecule has 0 bridgehead atoms. The van der Waals surface area contributed by atoms with Crippen molar-refractivity contribution in [3.63, 3.8) is 0 Å². The lowest BCUT2D eigenvalue weighted by molar-refractivity contribution is 0.435. The van der Waals surface area contributed by atoms with Gasteiger partial charge in [0.05, 0.1) is 10.4 Å². The van der Waals surface area contributed by atoms with Crippen molar-refractivity contribution in [2.75, 3.05) is 0 Å². The van der Waals surface area contributed by atoms with Gasteiger partial charge in [0.1, 0.15) is 11.5 Å². The van der Waals surface area contributed by atoms with Crippen LogP contribution in [0.2, 0.25) is 5.02 Å². The summed E-state index contributed by atoms with van der Waals surface area (Å²) in [6, 6.07) is 29.5. The third kappa shape index (κ3) is 1.87. The summed E-state index contributed by atoms with van der Waals surface area (Å²) in [6.07, 6.45) is 0. The highest BCUT2D eigenvalue weighted by molar-refractivity contribution is 9.10. The topological polar surface area (TPSA) is 9.23 Å². The molecule has 1 heterocycles. The first-order valence-corrected chi connectivity index (χ1v) is 10.3. The van der Waals surface area contributed by atoms with Gasteiger partial charge in [-0.3, -0.25) is 0 Å². The van der Waals surface area contributed by atoms with E-state index in [1.54, 1.807) is 0 Å². The number of fused-ring (bicyclic) bond motifs is 9. The molecule has 1 spiro atoms. The number of halogens is 2. The first-order chi connectivity index (χ1) is 13.7. The fraction of sp³-hybridized carbons (Fsp3) is 0.0400. The zero-order valence-corrected chi connectivity index (χ0v) is 17.1. The number of hydrogen-bond donors (Lipinski definition) is 0. The summed E-state index contributed by atoms with van der Waals surface area (Å²) in [4.78, 5) is 0. The van der Waals surface area contributed by atoms with Crippen LogP contribution in [0.25, 0.3) is 11.1 Å². The maximum atomic E-state index is 6.59. The van der Waals surface area contributed by atoms with Gasteiger partial charge < -0.3 is 4.74 Å². The molecule has 1 aliphatic heterocycles. The SMILES string of the molecule is Clc1ccc2c(c1Br)C1(c3ccccc3O2)c2ccccc2-c2ccccc21. The van der Waals surface area contributed by atoms with Gasteiger partial charge in [0, 0.05) is 15.6 Å². The summed E-state index contributed by atoms with van der Waals surface area (Å²) in [6.45, 7) is 0. The second-order valence-corrected chi connectivity index (χ2v) is 8.37. The lowest BCUT2D eigenvalue weighted by atomic mass is 9.66. The molecule has 0 N–H and O–H groups in total. The van der Waals surface area contributed by atoms with Gasteiger partial charge in [-0.1, -0.05) is 78.3 Å². The summed E-state index contributed by atoms with van der Waals surface area (Å²) >= 11 is 10.4. The predicted molar refractivity (Wildman–Crippen MR) is 117 cm³/mol. The number of hydrogen-bond acceptors (Lipinski definition) is 1. The molecule has 0 fully saturated rings. The predicted octanol–water partition coefficient (Wildman–Crippen LogP) is 7.57. The first-order valence-electron chi connectivity index (χ1n) is 9.18. The average molecular weight is 446 g/mol. The van der Waals surface area contributed by atoms with E-state index in [1.807, 2.05) is 24.3 Å². The molecule has 0 unspecified atom stereocenters. The van der Waals surface area contributed by atoms with Gasteiger partial charge in [0.15, 0.2) is 0 Å². The van der Waals surface area contributed by atoms with E-state index < -0.39 is 5.41 Å². The molecule has 0 aromatic heterocycles. The van der Waals surface area contributed by atoms with Crippen LogP contribution in [0, 0.1) is 0 Å². The highest BCUT2D eigenvalue weighted by atomic mass is 79.9. The van der Waals surface area contributed by atoms with Crippen LogP contribution in [0.4, 0.5) is 0 Å². The molecule has 3 heteroatoms. The Morgan fingerprint density at radius 2 is 1.21 bits per heavy atom. The third-order valence-corrected chi connectivity index (χ3v) is 7.26. The summed E-state index contributed by atoms with van der Waals surface area (Å²) in [5.74, 6) is 1.72. The van der Waals surface area contributed by atoms with E-state index in [0.717, 1.165) is 27.1 Å². The molecular formula is C25H14BrClO. The molecule has 0 atom stereocenters. The molecule has 1 nitrogen and oxygen atoms in total. The lowest BCUT2D eigenvalue weighted by Crippen LogP contribution is -2.32. The maximum Gasteiger partial charge on any atom is 0.133 e. The highest BCUT2D eigenvalue weighted by Gasteiger charge is 2.52. The summed E-state index contributed by atoms with van der Waals surface area (Å²) in [5.41, 5.74) is 6.77. The fourth-order valence-corrected chi connectivity index (χ4v) is 5.66. The minimum atomic E-state index is -0.471. The van der Waals surface area contributed by atoms with Crippen LogP contribution < -0.4 is 4.74 Å². The summed E-state index contributed by atoms with van der Waals surface area (Å²) in [5, 5.41) is 0.683. The van der Waals surface area contributed by atoms with Crippen LogP contribution in [-0.4, -0.2) is 0 Å². The number of benzene rings is 4. The van der Waals surface area contributed by atoms with Crippen LogP contribution in [-0.2, 0) is 5.41 Å². The van der Waals surface area contributed by atoms with Gasteiger partial charge in [0.2, 0.25) is 0 Å². The summed E-state index contributed by atoms with van der Waals surface area (Å²) < 4.78 is 7.22. The van der Waals surface area contributed by atoms with Crippen molar-refractivity contribution in [2.45, 2.75) is 5.41 Å². The fourth-order valence-electron chi connectivity index (χ4n) is 4.88. The minimum absolute atomic E-state index is 0.471.